The Balaban J connectivity index is 2.07. The van der Waals surface area contributed by atoms with E-state index in [0.29, 0.717) is 0 Å². The second kappa shape index (κ2) is 7.63. The van der Waals surface area contributed by atoms with Gasteiger partial charge < -0.3 is 55.1 Å². The minimum atomic E-state index is -1.72. The third-order valence-electron chi connectivity index (χ3n) is 3.97. The third kappa shape index (κ3) is 3.65. The third-order valence-corrected chi connectivity index (χ3v) is 3.97. The fraction of sp³-hybridized carbons (Fsp3) is 1.00. The van der Waals surface area contributed by atoms with E-state index >= 15 is 0 Å². The zero-order chi connectivity index (χ0) is 17.3. The molecule has 0 radical (unpaired) electrons. The minimum absolute atomic E-state index is 0.667. The minimum Gasteiger partial charge on any atom is -0.394 e. The van der Waals surface area contributed by atoms with Crippen molar-refractivity contribution in [3.05, 3.63) is 0 Å². The molecular weight excluding hydrogens is 320 g/mol. The van der Waals surface area contributed by atoms with Gasteiger partial charge in [0.25, 0.3) is 0 Å². The van der Waals surface area contributed by atoms with Gasteiger partial charge >= 0.3 is 0 Å². The quantitative estimate of drug-likeness (QED) is 0.243. The molecule has 10 atom stereocenters. The van der Waals surface area contributed by atoms with E-state index in [1.807, 2.05) is 0 Å². The first-order valence-corrected chi connectivity index (χ1v) is 7.08. The van der Waals surface area contributed by atoms with Crippen LogP contribution in [0.25, 0.3) is 0 Å². The van der Waals surface area contributed by atoms with Crippen LogP contribution in [0.5, 0.6) is 0 Å². The normalized spacial score (nSPS) is 51.7. The molecule has 0 aromatic rings. The second-order valence-electron chi connectivity index (χ2n) is 5.53. The fourth-order valence-electron chi connectivity index (χ4n) is 2.49. The summed E-state index contributed by atoms with van der Waals surface area (Å²) in [5.74, 6) is 0. The summed E-state index contributed by atoms with van der Waals surface area (Å²) in [4.78, 5) is 0. The molecule has 136 valence electrons. The van der Waals surface area contributed by atoms with Gasteiger partial charge in [0.2, 0.25) is 0 Å². The SMILES string of the molecule is OC[C@@H]1OC(OC2O[C@@H](CO)[C@@H](O)C(O)[C@H]2O)[C@H](O)[C@H](O)C1O. The van der Waals surface area contributed by atoms with Gasteiger partial charge in [0.1, 0.15) is 48.8 Å². The van der Waals surface area contributed by atoms with Gasteiger partial charge in [0.05, 0.1) is 13.2 Å². The summed E-state index contributed by atoms with van der Waals surface area (Å²) in [5.41, 5.74) is 0. The number of aliphatic hydroxyl groups is 8. The van der Waals surface area contributed by atoms with Crippen molar-refractivity contribution in [2.75, 3.05) is 13.2 Å². The molecule has 2 aliphatic rings. The van der Waals surface area contributed by atoms with Gasteiger partial charge in [-0.3, -0.25) is 0 Å². The molecule has 0 aliphatic carbocycles. The van der Waals surface area contributed by atoms with E-state index in [0.717, 1.165) is 0 Å². The van der Waals surface area contributed by atoms with E-state index in [-0.39, 0.29) is 0 Å². The first-order valence-electron chi connectivity index (χ1n) is 7.08. The van der Waals surface area contributed by atoms with Gasteiger partial charge in [-0.05, 0) is 0 Å². The van der Waals surface area contributed by atoms with E-state index in [4.69, 9.17) is 24.4 Å². The van der Waals surface area contributed by atoms with Crippen molar-refractivity contribution in [2.24, 2.45) is 0 Å². The van der Waals surface area contributed by atoms with Crippen LogP contribution in [0.4, 0.5) is 0 Å². The zero-order valence-electron chi connectivity index (χ0n) is 12.0. The predicted molar refractivity (Wildman–Crippen MR) is 68.6 cm³/mol. The Morgan fingerprint density at radius 2 is 0.913 bits per heavy atom. The zero-order valence-corrected chi connectivity index (χ0v) is 12.0. The highest BCUT2D eigenvalue weighted by Crippen LogP contribution is 2.27. The number of rotatable bonds is 4. The highest BCUT2D eigenvalue weighted by Gasteiger charge is 2.49. The summed E-state index contributed by atoms with van der Waals surface area (Å²) in [5, 5.41) is 76.4. The van der Waals surface area contributed by atoms with E-state index in [1.54, 1.807) is 0 Å². The van der Waals surface area contributed by atoms with Crippen LogP contribution in [-0.4, -0.2) is 115 Å². The van der Waals surface area contributed by atoms with Crippen LogP contribution in [0, 0.1) is 0 Å². The smallest absolute Gasteiger partial charge is 0.189 e. The Bertz CT molecular complexity index is 344. The van der Waals surface area contributed by atoms with Gasteiger partial charge in [-0.15, -0.1) is 0 Å². The summed E-state index contributed by atoms with van der Waals surface area (Å²) in [6.45, 7) is -1.33. The molecule has 4 unspecified atom stereocenters. The number of hydrogen-bond acceptors (Lipinski definition) is 11. The van der Waals surface area contributed by atoms with Crippen LogP contribution in [0.3, 0.4) is 0 Å². The molecule has 2 fully saturated rings. The van der Waals surface area contributed by atoms with E-state index < -0.39 is 74.6 Å². The lowest BCUT2D eigenvalue weighted by molar-refractivity contribution is -0.376. The molecule has 23 heavy (non-hydrogen) atoms. The highest BCUT2D eigenvalue weighted by atomic mass is 16.8. The lowest BCUT2D eigenvalue weighted by Gasteiger charge is -2.44. The molecular formula is C12H22O11. The van der Waals surface area contributed by atoms with Gasteiger partial charge in [-0.1, -0.05) is 0 Å². The van der Waals surface area contributed by atoms with Crippen LogP contribution < -0.4 is 0 Å². The van der Waals surface area contributed by atoms with Crippen molar-refractivity contribution in [1.29, 1.82) is 0 Å². The van der Waals surface area contributed by atoms with Gasteiger partial charge in [-0.2, -0.15) is 0 Å². The summed E-state index contributed by atoms with van der Waals surface area (Å²) in [6, 6.07) is 0. The summed E-state index contributed by atoms with van der Waals surface area (Å²) < 4.78 is 15.3. The molecule has 2 aliphatic heterocycles. The van der Waals surface area contributed by atoms with Gasteiger partial charge in [0.15, 0.2) is 12.6 Å². The Morgan fingerprint density at radius 3 is 1.22 bits per heavy atom. The van der Waals surface area contributed by atoms with Crippen molar-refractivity contribution in [3.8, 4) is 0 Å². The lowest BCUT2D eigenvalue weighted by Crippen LogP contribution is -2.63. The van der Waals surface area contributed by atoms with Crippen LogP contribution in [-0.2, 0) is 14.2 Å². The maximum absolute atomic E-state index is 9.84. The molecule has 8 N–H and O–H groups in total. The average molecular weight is 342 g/mol. The summed E-state index contributed by atoms with van der Waals surface area (Å²) in [6.07, 6.45) is -15.6. The average Bonchev–Trinajstić information content (AvgIpc) is 2.55. The Morgan fingerprint density at radius 1 is 0.565 bits per heavy atom. The second-order valence-corrected chi connectivity index (χ2v) is 5.53. The molecule has 11 nitrogen and oxygen atoms in total. The molecule has 0 saturated carbocycles. The highest BCUT2D eigenvalue weighted by molar-refractivity contribution is 4.92. The Hall–Kier alpha value is -0.440. The molecule has 0 aromatic heterocycles. The number of aliphatic hydroxyl groups excluding tert-OH is 8. The first kappa shape index (κ1) is 18.9. The van der Waals surface area contributed by atoms with Crippen molar-refractivity contribution in [3.63, 3.8) is 0 Å². The number of hydrogen-bond donors (Lipinski definition) is 8. The first-order chi connectivity index (χ1) is 10.8. The Labute approximate surface area is 130 Å². The topological polar surface area (TPSA) is 190 Å². The predicted octanol–water partition coefficient (Wildman–Crippen LogP) is -5.40. The monoisotopic (exact) mass is 342 g/mol. The molecule has 2 saturated heterocycles. The largest absolute Gasteiger partial charge is 0.394 e. The molecule has 2 heterocycles. The van der Waals surface area contributed by atoms with Crippen LogP contribution in [0.1, 0.15) is 0 Å². The maximum atomic E-state index is 9.84. The molecule has 0 aromatic carbocycles. The molecule has 0 spiro atoms. The van der Waals surface area contributed by atoms with Crippen molar-refractivity contribution >= 4 is 0 Å². The lowest BCUT2D eigenvalue weighted by atomic mass is 9.98. The molecule has 0 bridgehead atoms. The van der Waals surface area contributed by atoms with E-state index in [2.05, 4.69) is 0 Å². The van der Waals surface area contributed by atoms with Crippen molar-refractivity contribution in [1.82, 2.24) is 0 Å². The van der Waals surface area contributed by atoms with Crippen LogP contribution >= 0.6 is 0 Å². The van der Waals surface area contributed by atoms with Crippen LogP contribution in [0.2, 0.25) is 0 Å². The standard InChI is InChI=1S/C12H22O11/c13-1-3-5(15)7(17)9(19)11(21-3)23-12-10(20)8(18)6(16)4(2-14)22-12/h3-20H,1-2H2/t3-,4-,5+,6?,7?,8+,9+,10+,11?,12?/m0/s1. The van der Waals surface area contributed by atoms with Crippen LogP contribution in [0.15, 0.2) is 0 Å². The Kier molecular flexibility index (Phi) is 6.27. The van der Waals surface area contributed by atoms with Crippen molar-refractivity contribution < 1.29 is 55.1 Å². The number of ether oxygens (including phenoxy) is 3. The van der Waals surface area contributed by atoms with E-state index in [1.165, 1.54) is 0 Å². The maximum Gasteiger partial charge on any atom is 0.189 e. The summed E-state index contributed by atoms with van der Waals surface area (Å²) in [7, 11) is 0. The molecule has 11 heteroatoms. The van der Waals surface area contributed by atoms with Gasteiger partial charge in [0, 0.05) is 0 Å². The summed E-state index contributed by atoms with van der Waals surface area (Å²) >= 11 is 0. The van der Waals surface area contributed by atoms with E-state index in [9.17, 15) is 30.6 Å². The molecule has 0 amide bonds. The fourth-order valence-corrected chi connectivity index (χ4v) is 2.49. The van der Waals surface area contributed by atoms with Gasteiger partial charge in [-0.25, -0.2) is 0 Å². The van der Waals surface area contributed by atoms with Crippen molar-refractivity contribution in [2.45, 2.75) is 61.4 Å². The molecule has 2 rings (SSSR count).